The number of carbonyl (C=O) groups is 4. The Balaban J connectivity index is 1.14. The van der Waals surface area contributed by atoms with Crippen LogP contribution in [-0.2, 0) is 35.0 Å². The van der Waals surface area contributed by atoms with E-state index in [0.29, 0.717) is 23.4 Å². The van der Waals surface area contributed by atoms with Gasteiger partial charge in [-0.25, -0.2) is 9.59 Å². The molecule has 240 valence electrons. The average molecular weight is 696 g/mol. The van der Waals surface area contributed by atoms with Gasteiger partial charge in [0.1, 0.15) is 33.8 Å². The van der Waals surface area contributed by atoms with Crippen LogP contribution in [0, 0.1) is 18.8 Å². The number of nitrogens with one attached hydrogen (secondary N) is 1. The Kier molecular flexibility index (Phi) is 7.80. The van der Waals surface area contributed by atoms with Crippen LogP contribution in [0.3, 0.4) is 0 Å². The van der Waals surface area contributed by atoms with Gasteiger partial charge in [-0.1, -0.05) is 28.1 Å². The van der Waals surface area contributed by atoms with E-state index in [2.05, 4.69) is 21.2 Å². The molecule has 0 saturated carbocycles. The molecule has 13 heteroatoms. The third-order valence-corrected chi connectivity index (χ3v) is 8.69. The number of hydrogen-bond acceptors (Lipinski definition) is 10. The Morgan fingerprint density at radius 1 is 1.00 bits per heavy atom. The number of rotatable bonds is 9. The minimum atomic E-state index is -1.60. The highest BCUT2D eigenvalue weighted by Crippen LogP contribution is 2.57. The summed E-state index contributed by atoms with van der Waals surface area (Å²) in [6.45, 7) is 5.02. The van der Waals surface area contributed by atoms with Crippen LogP contribution in [0.2, 0.25) is 0 Å². The molecule has 46 heavy (non-hydrogen) atoms. The van der Waals surface area contributed by atoms with Crippen molar-refractivity contribution in [3.05, 3.63) is 82.2 Å². The van der Waals surface area contributed by atoms with Crippen LogP contribution in [-0.4, -0.2) is 64.8 Å². The summed E-state index contributed by atoms with van der Waals surface area (Å²) in [4.78, 5) is 64.2. The van der Waals surface area contributed by atoms with Gasteiger partial charge >= 0.3 is 17.7 Å². The number of halogens is 1. The lowest BCUT2D eigenvalue weighted by atomic mass is 9.76. The third-order valence-electron chi connectivity index (χ3n) is 8.37. The Hall–Kier alpha value is -4.49. The molecule has 3 aliphatic heterocycles. The highest BCUT2D eigenvalue weighted by atomic mass is 79.9. The minimum absolute atomic E-state index is 0.198. The maximum atomic E-state index is 13.3. The van der Waals surface area contributed by atoms with Crippen molar-refractivity contribution in [1.82, 2.24) is 4.90 Å². The molecule has 4 heterocycles. The van der Waals surface area contributed by atoms with Gasteiger partial charge in [-0.05, 0) is 68.3 Å². The van der Waals surface area contributed by atoms with Gasteiger partial charge in [-0.2, -0.15) is 0 Å². The van der Waals surface area contributed by atoms with E-state index < -0.39 is 51.1 Å². The Morgan fingerprint density at radius 2 is 1.72 bits per heavy atom. The predicted molar refractivity (Wildman–Crippen MR) is 167 cm³/mol. The first-order chi connectivity index (χ1) is 21.7. The SMILES string of the molecule is Cc1cc(=O)oc2cc(NC(=O)OCC34C=CC(Oc5ccc(CCOC(=O)C(C)(C)Br)cc5)(O3)C3C(=O)N(C)C(=O)C34)ccc12. The van der Waals surface area contributed by atoms with Crippen molar-refractivity contribution < 1.29 is 42.5 Å². The van der Waals surface area contributed by atoms with Crippen LogP contribution in [0.5, 0.6) is 5.75 Å². The lowest BCUT2D eigenvalue weighted by molar-refractivity contribution is -0.181. The Bertz CT molecular complexity index is 1850. The van der Waals surface area contributed by atoms with Gasteiger partial charge in [0.15, 0.2) is 0 Å². The van der Waals surface area contributed by atoms with E-state index in [1.54, 1.807) is 69.3 Å². The fourth-order valence-corrected chi connectivity index (χ4v) is 6.14. The monoisotopic (exact) mass is 694 g/mol. The van der Waals surface area contributed by atoms with Gasteiger partial charge < -0.3 is 23.4 Å². The smallest absolute Gasteiger partial charge is 0.411 e. The number of nitrogens with zero attached hydrogens (tertiary/aromatic N) is 1. The van der Waals surface area contributed by atoms with Gasteiger partial charge in [0.2, 0.25) is 17.6 Å². The van der Waals surface area contributed by atoms with Crippen LogP contribution in [0.25, 0.3) is 11.0 Å². The summed E-state index contributed by atoms with van der Waals surface area (Å²) in [6.07, 6.45) is 2.83. The summed E-state index contributed by atoms with van der Waals surface area (Å²) in [5.41, 5.74) is 0.303. The van der Waals surface area contributed by atoms with Crippen LogP contribution in [0.4, 0.5) is 10.5 Å². The summed E-state index contributed by atoms with van der Waals surface area (Å²) < 4.78 is 27.9. The van der Waals surface area contributed by atoms with E-state index in [9.17, 15) is 24.0 Å². The second-order valence-electron chi connectivity index (χ2n) is 12.1. The number of alkyl halides is 1. The predicted octanol–water partition coefficient (Wildman–Crippen LogP) is 4.25. The van der Waals surface area contributed by atoms with E-state index in [0.717, 1.165) is 21.4 Å². The number of likely N-dealkylation sites (tertiary alicyclic amines) is 1. The molecule has 12 nitrogen and oxygen atoms in total. The number of fused-ring (bicyclic) bond motifs is 6. The van der Waals surface area contributed by atoms with Gasteiger partial charge in [-0.15, -0.1) is 0 Å². The number of imide groups is 1. The number of hydrogen-bond donors (Lipinski definition) is 1. The molecular weight excluding hydrogens is 664 g/mol. The third kappa shape index (κ3) is 5.58. The fraction of sp³-hybridized carbons (Fsp3) is 0.364. The number of aryl methyl sites for hydroxylation is 1. The van der Waals surface area contributed by atoms with Crippen molar-refractivity contribution >= 4 is 56.5 Å². The van der Waals surface area contributed by atoms with E-state index in [1.165, 1.54) is 19.2 Å². The summed E-state index contributed by atoms with van der Waals surface area (Å²) in [6, 6.07) is 13.3. The molecule has 2 bridgehead atoms. The van der Waals surface area contributed by atoms with E-state index >= 15 is 0 Å². The van der Waals surface area contributed by atoms with E-state index in [1.807, 2.05) is 0 Å². The van der Waals surface area contributed by atoms with Gasteiger partial charge in [0.05, 0.1) is 12.5 Å². The topological polar surface area (TPSA) is 151 Å². The van der Waals surface area contributed by atoms with Crippen molar-refractivity contribution in [2.75, 3.05) is 25.6 Å². The number of ether oxygens (including phenoxy) is 4. The first kappa shape index (κ1) is 31.5. The van der Waals surface area contributed by atoms with Crippen molar-refractivity contribution in [2.45, 2.75) is 42.9 Å². The second kappa shape index (κ2) is 11.4. The summed E-state index contributed by atoms with van der Waals surface area (Å²) >= 11 is 3.28. The van der Waals surface area contributed by atoms with Gasteiger partial charge in [-0.3, -0.25) is 24.6 Å². The van der Waals surface area contributed by atoms with E-state index in [-0.39, 0.29) is 19.2 Å². The zero-order valence-electron chi connectivity index (χ0n) is 25.5. The maximum Gasteiger partial charge on any atom is 0.411 e. The Labute approximate surface area is 271 Å². The molecule has 4 atom stereocenters. The summed E-state index contributed by atoms with van der Waals surface area (Å²) in [5, 5.41) is 3.32. The molecule has 3 aliphatic rings. The first-order valence-corrected chi connectivity index (χ1v) is 15.3. The zero-order valence-corrected chi connectivity index (χ0v) is 27.0. The second-order valence-corrected chi connectivity index (χ2v) is 14.0. The first-order valence-electron chi connectivity index (χ1n) is 14.6. The van der Waals surface area contributed by atoms with Crippen molar-refractivity contribution in [1.29, 1.82) is 0 Å². The van der Waals surface area contributed by atoms with Crippen LogP contribution in [0.1, 0.15) is 25.0 Å². The number of carbonyl (C=O) groups excluding carboxylic acids is 4. The average Bonchev–Trinajstić information content (AvgIpc) is 3.58. The molecule has 0 radical (unpaired) electrons. The minimum Gasteiger partial charge on any atom is -0.464 e. The van der Waals surface area contributed by atoms with Gasteiger partial charge in [0, 0.05) is 36.7 Å². The molecule has 2 fully saturated rings. The molecule has 0 spiro atoms. The lowest BCUT2D eigenvalue weighted by Crippen LogP contribution is -2.44. The maximum absolute atomic E-state index is 13.3. The number of amides is 3. The molecule has 3 aromatic rings. The molecule has 1 aromatic heterocycles. The van der Waals surface area contributed by atoms with E-state index in [4.69, 9.17) is 23.4 Å². The highest BCUT2D eigenvalue weighted by molar-refractivity contribution is 9.10. The number of benzene rings is 2. The molecule has 4 unspecified atom stereocenters. The summed E-state index contributed by atoms with van der Waals surface area (Å²) in [7, 11) is 1.40. The number of anilines is 1. The molecular formula is C33H31BrN2O10. The lowest BCUT2D eigenvalue weighted by Gasteiger charge is -2.29. The standard InChI is InChI=1S/C33H31BrN2O10/c1-18-15-24(37)44-23-16-20(7-10-22(18)23)35-30(41)43-17-32-12-13-33(46-32,26-25(32)27(38)36(4)28(26)39)45-21-8-5-19(6-9-21)11-14-42-29(40)31(2,3)34/h5-10,12-13,15-16,25-26H,11,14,17H2,1-4H3,(H,35,41). The quantitative estimate of drug-likeness (QED) is 0.113. The zero-order chi connectivity index (χ0) is 33.0. The molecule has 3 amide bonds. The van der Waals surface area contributed by atoms with Gasteiger partial charge in [0.25, 0.3) is 0 Å². The van der Waals surface area contributed by atoms with Crippen molar-refractivity contribution in [3.8, 4) is 5.75 Å². The van der Waals surface area contributed by atoms with Crippen LogP contribution in [0.15, 0.2) is 69.9 Å². The molecule has 0 aliphatic carbocycles. The molecule has 1 N–H and O–H groups in total. The molecule has 6 rings (SSSR count). The normalized spacial score (nSPS) is 24.8. The number of esters is 1. The van der Waals surface area contributed by atoms with Crippen molar-refractivity contribution in [3.63, 3.8) is 0 Å². The molecule has 2 aromatic carbocycles. The highest BCUT2D eigenvalue weighted by Gasteiger charge is 2.75. The summed E-state index contributed by atoms with van der Waals surface area (Å²) in [5.74, 6) is -4.49. The molecule has 2 saturated heterocycles. The van der Waals surface area contributed by atoms with Crippen LogP contribution >= 0.6 is 15.9 Å². The Morgan fingerprint density at radius 3 is 2.43 bits per heavy atom. The largest absolute Gasteiger partial charge is 0.464 e. The van der Waals surface area contributed by atoms with Crippen molar-refractivity contribution in [2.24, 2.45) is 11.8 Å². The fourth-order valence-electron chi connectivity index (χ4n) is 6.03. The van der Waals surface area contributed by atoms with Crippen LogP contribution < -0.4 is 15.7 Å².